The van der Waals surface area contributed by atoms with Gasteiger partial charge in [0.15, 0.2) is 6.61 Å². The van der Waals surface area contributed by atoms with Crippen LogP contribution in [-0.2, 0) is 16.1 Å². The van der Waals surface area contributed by atoms with Crippen LogP contribution in [0.3, 0.4) is 0 Å². The molecule has 9 nitrogen and oxygen atoms in total. The van der Waals surface area contributed by atoms with E-state index in [1.807, 2.05) is 0 Å². The van der Waals surface area contributed by atoms with E-state index in [2.05, 4.69) is 5.32 Å². The normalized spacial score (nSPS) is 11.4. The van der Waals surface area contributed by atoms with Crippen molar-refractivity contribution in [2.45, 2.75) is 19.5 Å². The number of amides is 2. The molecule has 2 amide bonds. The Kier molecular flexibility index (Phi) is 8.47. The van der Waals surface area contributed by atoms with Crippen molar-refractivity contribution < 1.29 is 24.0 Å². The molecule has 2 aromatic rings. The summed E-state index contributed by atoms with van der Waals surface area (Å²) in [5.41, 5.74) is 0.261. The molecule has 166 valence electrons. The van der Waals surface area contributed by atoms with Crippen molar-refractivity contribution in [3.05, 3.63) is 62.1 Å². The molecule has 2 rings (SSSR count). The fourth-order valence-corrected chi connectivity index (χ4v) is 3.29. The number of nitrogens with one attached hydrogen (secondary N) is 1. The number of nitro benzene ring substituents is 1. The second kappa shape index (κ2) is 10.8. The molecule has 0 aliphatic rings. The predicted molar refractivity (Wildman–Crippen MR) is 116 cm³/mol. The minimum atomic E-state index is -0.833. The molecule has 0 unspecified atom stereocenters. The quantitative estimate of drug-likeness (QED) is 0.444. The predicted octanol–water partition coefficient (Wildman–Crippen LogP) is 3.45. The monoisotopic (exact) mass is 469 g/mol. The number of nitro groups is 1. The Bertz CT molecular complexity index is 965. The maximum atomic E-state index is 12.9. The van der Waals surface area contributed by atoms with E-state index in [-0.39, 0.29) is 29.6 Å². The van der Waals surface area contributed by atoms with Crippen LogP contribution in [0.5, 0.6) is 11.5 Å². The fraction of sp³-hybridized carbons (Fsp3) is 0.300. The number of nitrogens with zero attached hydrogens (tertiary/aromatic N) is 2. The first-order chi connectivity index (χ1) is 14.7. The summed E-state index contributed by atoms with van der Waals surface area (Å²) in [6.45, 7) is 1.12. The summed E-state index contributed by atoms with van der Waals surface area (Å²) in [7, 11) is 2.75. The number of likely N-dealkylation sites (N-methyl/N-ethyl adjacent to an activating group) is 1. The van der Waals surface area contributed by atoms with E-state index >= 15 is 0 Å². The molecular weight excluding hydrogens is 449 g/mol. The van der Waals surface area contributed by atoms with E-state index in [0.29, 0.717) is 15.6 Å². The maximum absolute atomic E-state index is 12.9. The van der Waals surface area contributed by atoms with Gasteiger partial charge in [0.1, 0.15) is 11.8 Å². The molecule has 0 aliphatic heterocycles. The lowest BCUT2D eigenvalue weighted by Gasteiger charge is -2.29. The number of hydrogen-bond acceptors (Lipinski definition) is 6. The minimum Gasteiger partial charge on any atom is -0.490 e. The summed E-state index contributed by atoms with van der Waals surface area (Å²) in [5.74, 6) is -0.703. The van der Waals surface area contributed by atoms with E-state index in [1.54, 1.807) is 25.1 Å². The highest BCUT2D eigenvalue weighted by Gasteiger charge is 2.27. The Morgan fingerprint density at radius 1 is 1.23 bits per heavy atom. The lowest BCUT2D eigenvalue weighted by molar-refractivity contribution is -0.385. The zero-order chi connectivity index (χ0) is 23.1. The van der Waals surface area contributed by atoms with Gasteiger partial charge in [0.2, 0.25) is 11.7 Å². The van der Waals surface area contributed by atoms with Gasteiger partial charge >= 0.3 is 5.69 Å². The van der Waals surface area contributed by atoms with Gasteiger partial charge in [-0.05, 0) is 25.1 Å². The molecule has 0 bridgehead atoms. The number of benzene rings is 2. The zero-order valence-electron chi connectivity index (χ0n) is 17.1. The average molecular weight is 470 g/mol. The molecule has 0 aromatic heterocycles. The largest absolute Gasteiger partial charge is 0.490 e. The molecule has 0 saturated heterocycles. The third kappa shape index (κ3) is 5.99. The first-order valence-electron chi connectivity index (χ1n) is 9.08. The number of ether oxygens (including phenoxy) is 2. The van der Waals surface area contributed by atoms with Crippen molar-refractivity contribution in [1.82, 2.24) is 10.2 Å². The highest BCUT2D eigenvalue weighted by Crippen LogP contribution is 2.31. The van der Waals surface area contributed by atoms with Crippen LogP contribution in [0.2, 0.25) is 10.0 Å². The fourth-order valence-electron chi connectivity index (χ4n) is 2.77. The van der Waals surface area contributed by atoms with E-state index in [4.69, 9.17) is 32.7 Å². The van der Waals surface area contributed by atoms with E-state index < -0.39 is 23.5 Å². The molecule has 0 aliphatic carbocycles. The van der Waals surface area contributed by atoms with Gasteiger partial charge in [-0.3, -0.25) is 19.7 Å². The van der Waals surface area contributed by atoms with E-state index in [1.165, 1.54) is 37.3 Å². The van der Waals surface area contributed by atoms with Crippen molar-refractivity contribution in [3.63, 3.8) is 0 Å². The van der Waals surface area contributed by atoms with Gasteiger partial charge in [0, 0.05) is 41.3 Å². The Morgan fingerprint density at radius 3 is 2.42 bits per heavy atom. The van der Waals surface area contributed by atoms with Gasteiger partial charge in [0.05, 0.1) is 12.0 Å². The van der Waals surface area contributed by atoms with Crippen LogP contribution in [0.25, 0.3) is 0 Å². The highest BCUT2D eigenvalue weighted by atomic mass is 35.5. The number of hydrogen-bond donors (Lipinski definition) is 1. The Morgan fingerprint density at radius 2 is 1.87 bits per heavy atom. The Balaban J connectivity index is 2.23. The van der Waals surface area contributed by atoms with Crippen molar-refractivity contribution in [1.29, 1.82) is 0 Å². The number of carbonyl (C=O) groups is 2. The highest BCUT2D eigenvalue weighted by molar-refractivity contribution is 6.36. The third-order valence-electron chi connectivity index (χ3n) is 4.51. The van der Waals surface area contributed by atoms with E-state index in [0.717, 1.165) is 0 Å². The molecule has 31 heavy (non-hydrogen) atoms. The molecule has 0 saturated carbocycles. The Labute approximate surface area is 189 Å². The molecular formula is C20H21Cl2N3O6. The lowest BCUT2D eigenvalue weighted by atomic mass is 10.1. The first kappa shape index (κ1) is 24.2. The second-order valence-electron chi connectivity index (χ2n) is 6.39. The second-order valence-corrected chi connectivity index (χ2v) is 7.21. The summed E-state index contributed by atoms with van der Waals surface area (Å²) in [5, 5.41) is 14.2. The third-order valence-corrected chi connectivity index (χ3v) is 5.22. The summed E-state index contributed by atoms with van der Waals surface area (Å²) in [6, 6.07) is 7.99. The number of methoxy groups -OCH3 is 1. The van der Waals surface area contributed by atoms with Crippen molar-refractivity contribution in [2.75, 3.05) is 20.8 Å². The zero-order valence-corrected chi connectivity index (χ0v) is 18.6. The molecule has 0 spiro atoms. The van der Waals surface area contributed by atoms with E-state index in [9.17, 15) is 19.7 Å². The van der Waals surface area contributed by atoms with Crippen molar-refractivity contribution >= 4 is 40.7 Å². The van der Waals surface area contributed by atoms with Crippen LogP contribution in [0.4, 0.5) is 5.69 Å². The van der Waals surface area contributed by atoms with Crippen LogP contribution in [0.15, 0.2) is 36.4 Å². The summed E-state index contributed by atoms with van der Waals surface area (Å²) >= 11 is 12.4. The van der Waals surface area contributed by atoms with Crippen molar-refractivity contribution in [2.24, 2.45) is 0 Å². The van der Waals surface area contributed by atoms with Crippen molar-refractivity contribution in [3.8, 4) is 11.5 Å². The standard InChI is InChI=1S/C20H21Cl2N3O6/c1-12(20(27)23-2)24(10-14-15(21)5-4-6-16(14)22)19(26)11-31-13-7-8-17(25(28)29)18(9-13)30-3/h4-9,12H,10-11H2,1-3H3,(H,23,27)/t12-/m0/s1. The van der Waals surface area contributed by atoms with Crippen LogP contribution < -0.4 is 14.8 Å². The smallest absolute Gasteiger partial charge is 0.311 e. The molecule has 1 atom stereocenters. The summed E-state index contributed by atoms with van der Waals surface area (Å²) < 4.78 is 10.5. The molecule has 1 N–H and O–H groups in total. The van der Waals surface area contributed by atoms with Crippen LogP contribution in [0.1, 0.15) is 12.5 Å². The Hall–Kier alpha value is -3.04. The van der Waals surface area contributed by atoms with Gasteiger partial charge in [-0.15, -0.1) is 0 Å². The minimum absolute atomic E-state index is 0.00613. The van der Waals surface area contributed by atoms with Crippen LogP contribution in [0, 0.1) is 10.1 Å². The van der Waals surface area contributed by atoms with Gasteiger partial charge in [0.25, 0.3) is 5.91 Å². The topological polar surface area (TPSA) is 111 Å². The SMILES string of the molecule is CNC(=O)[C@H](C)N(Cc1c(Cl)cccc1Cl)C(=O)COc1ccc([N+](=O)[O-])c(OC)c1. The van der Waals surface area contributed by atoms with Gasteiger partial charge in [-0.25, -0.2) is 0 Å². The molecule has 0 heterocycles. The van der Waals surface area contributed by atoms with Gasteiger partial charge in [-0.2, -0.15) is 0 Å². The molecule has 0 radical (unpaired) electrons. The summed E-state index contributed by atoms with van der Waals surface area (Å²) in [6.07, 6.45) is 0. The van der Waals surface area contributed by atoms with Crippen LogP contribution >= 0.6 is 23.2 Å². The summed E-state index contributed by atoms with van der Waals surface area (Å²) in [4.78, 5) is 36.8. The number of rotatable bonds is 9. The van der Waals surface area contributed by atoms with Crippen LogP contribution in [-0.4, -0.2) is 48.4 Å². The molecule has 11 heteroatoms. The van der Waals surface area contributed by atoms with Gasteiger partial charge in [-0.1, -0.05) is 29.3 Å². The first-order valence-corrected chi connectivity index (χ1v) is 9.84. The van der Waals surface area contributed by atoms with Gasteiger partial charge < -0.3 is 19.7 Å². The number of carbonyl (C=O) groups excluding carboxylic acids is 2. The average Bonchev–Trinajstić information content (AvgIpc) is 2.75. The number of halogens is 2. The molecule has 0 fully saturated rings. The lowest BCUT2D eigenvalue weighted by Crippen LogP contribution is -2.48. The molecule has 2 aromatic carbocycles. The maximum Gasteiger partial charge on any atom is 0.311 e.